The van der Waals surface area contributed by atoms with Gasteiger partial charge in [0.05, 0.1) is 0 Å². The van der Waals surface area contributed by atoms with E-state index in [4.69, 9.17) is 9.47 Å². The molecule has 0 amide bonds. The third-order valence-electron chi connectivity index (χ3n) is 8.76. The number of hydrogen-bond donors (Lipinski definition) is 0. The van der Waals surface area contributed by atoms with Crippen LogP contribution in [0, 0.1) is 5.92 Å². The maximum absolute atomic E-state index is 15.9. The van der Waals surface area contributed by atoms with Gasteiger partial charge < -0.3 is 14.2 Å². The molecule has 4 fully saturated rings. The average Bonchev–Trinajstić information content (AvgIpc) is 3.04. The molecule has 16 unspecified atom stereocenters. The highest BCUT2D eigenvalue weighted by Gasteiger charge is 2.63. The molecular formula is C26H27F17O3. The number of hydrogen-bond acceptors (Lipinski definition) is 3. The number of ether oxygens (including phenoxy) is 3. The van der Waals surface area contributed by atoms with Crippen molar-refractivity contribution in [2.24, 2.45) is 5.92 Å². The van der Waals surface area contributed by atoms with Crippen LogP contribution >= 0.6 is 0 Å². The Hall–Kier alpha value is -1.57. The van der Waals surface area contributed by atoms with Gasteiger partial charge in [-0.15, -0.1) is 6.58 Å². The highest BCUT2D eigenvalue weighted by molar-refractivity contribution is 5.12. The van der Waals surface area contributed by atoms with E-state index in [1.807, 2.05) is 0 Å². The Morgan fingerprint density at radius 3 is 0.652 bits per heavy atom. The van der Waals surface area contributed by atoms with E-state index in [2.05, 4.69) is 11.3 Å². The van der Waals surface area contributed by atoms with Crippen LogP contribution in [-0.2, 0) is 14.2 Å². The van der Waals surface area contributed by atoms with Crippen LogP contribution in [-0.4, -0.2) is 142 Å². The molecule has 46 heavy (non-hydrogen) atoms. The summed E-state index contributed by atoms with van der Waals surface area (Å²) < 4.78 is 259. The molecule has 0 heterocycles. The molecule has 4 rings (SSSR count). The van der Waals surface area contributed by atoms with E-state index in [9.17, 15) is 65.9 Å². The lowest BCUT2D eigenvalue weighted by atomic mass is 9.78. The van der Waals surface area contributed by atoms with Crippen molar-refractivity contribution in [1.82, 2.24) is 0 Å². The summed E-state index contributed by atoms with van der Waals surface area (Å²) in [5, 5.41) is 0. The van der Waals surface area contributed by atoms with E-state index in [0.29, 0.717) is 6.08 Å². The molecule has 0 aliphatic heterocycles. The van der Waals surface area contributed by atoms with Crippen molar-refractivity contribution in [3.8, 4) is 0 Å². The van der Waals surface area contributed by atoms with E-state index >= 15 is 8.78 Å². The highest BCUT2D eigenvalue weighted by Crippen LogP contribution is 2.45. The maximum Gasteiger partial charge on any atom is 0.168 e. The van der Waals surface area contributed by atoms with Crippen molar-refractivity contribution in [1.29, 1.82) is 0 Å². The van der Waals surface area contributed by atoms with E-state index in [1.165, 1.54) is 0 Å². The molecule has 0 radical (unpaired) electrons. The molecule has 3 nitrogen and oxygen atoms in total. The summed E-state index contributed by atoms with van der Waals surface area (Å²) in [6.07, 6.45) is -76.2. The first kappa shape index (κ1) is 37.3. The summed E-state index contributed by atoms with van der Waals surface area (Å²) in [7, 11) is 0. The van der Waals surface area contributed by atoms with Crippen LogP contribution in [0.5, 0.6) is 0 Å². The third kappa shape index (κ3) is 6.19. The van der Waals surface area contributed by atoms with Crippen molar-refractivity contribution in [3.05, 3.63) is 12.7 Å². The number of alkyl halides is 17. The highest BCUT2D eigenvalue weighted by atomic mass is 19.2. The normalized spacial score (nSPS) is 58.5. The van der Waals surface area contributed by atoms with Gasteiger partial charge in [-0.25, -0.2) is 74.6 Å². The van der Waals surface area contributed by atoms with Gasteiger partial charge in [0.25, 0.3) is 0 Å². The molecule has 0 bridgehead atoms. The minimum absolute atomic E-state index is 0.395. The van der Waals surface area contributed by atoms with Gasteiger partial charge in [-0.1, -0.05) is 6.08 Å². The smallest absolute Gasteiger partial charge is 0.168 e. The average molecular weight is 710 g/mol. The van der Waals surface area contributed by atoms with Crippen LogP contribution in [0.15, 0.2) is 12.7 Å². The summed E-state index contributed by atoms with van der Waals surface area (Å²) in [5.41, 5.74) is 0. The lowest BCUT2D eigenvalue weighted by Gasteiger charge is -2.49. The molecule has 0 aromatic carbocycles. The first-order chi connectivity index (χ1) is 21.4. The van der Waals surface area contributed by atoms with Gasteiger partial charge in [0.15, 0.2) is 105 Å². The molecule has 268 valence electrons. The molecule has 4 aliphatic carbocycles. The zero-order chi connectivity index (χ0) is 34.7. The zero-order valence-corrected chi connectivity index (χ0v) is 22.8. The summed E-state index contributed by atoms with van der Waals surface area (Å²) in [6, 6.07) is 0. The molecule has 0 aromatic heterocycles. The summed E-state index contributed by atoms with van der Waals surface area (Å²) >= 11 is 0. The molecular weight excluding hydrogens is 683 g/mol. The Morgan fingerprint density at radius 2 is 0.435 bits per heavy atom. The standard InChI is InChI=1S/C26H27F17O3/c1-2-3-21(44-23-13(36)7(30)4(27)8(31)14(23)37)19(42)26(46-25-17(40)11(34)6(29)12(35)18(25)41)20(43)22(3)45-24-15(38)9(32)5(28)10(33)16(24)39/h2-26H,1H2. The van der Waals surface area contributed by atoms with Gasteiger partial charge in [0.1, 0.15) is 36.6 Å². The van der Waals surface area contributed by atoms with Crippen molar-refractivity contribution in [2.45, 2.75) is 142 Å². The zero-order valence-electron chi connectivity index (χ0n) is 22.8. The largest absolute Gasteiger partial charge is 0.365 e. The lowest BCUT2D eigenvalue weighted by Crippen LogP contribution is -2.67. The molecule has 4 aliphatic rings. The van der Waals surface area contributed by atoms with Gasteiger partial charge in [-0.05, 0) is 0 Å². The Balaban J connectivity index is 1.73. The number of halogens is 17. The fourth-order valence-electron chi connectivity index (χ4n) is 6.10. The molecule has 0 aromatic rings. The molecule has 0 spiro atoms. The van der Waals surface area contributed by atoms with E-state index in [0.717, 1.165) is 0 Å². The maximum atomic E-state index is 15.9. The number of rotatable bonds is 7. The van der Waals surface area contributed by atoms with Crippen LogP contribution in [0.3, 0.4) is 0 Å². The first-order valence-corrected chi connectivity index (χ1v) is 13.9. The fourth-order valence-corrected chi connectivity index (χ4v) is 6.10. The van der Waals surface area contributed by atoms with E-state index in [-0.39, 0.29) is 0 Å². The molecule has 0 N–H and O–H groups in total. The van der Waals surface area contributed by atoms with Crippen LogP contribution in [0.1, 0.15) is 0 Å². The summed E-state index contributed by atoms with van der Waals surface area (Å²) in [4.78, 5) is 0. The first-order valence-electron chi connectivity index (χ1n) is 13.9. The van der Waals surface area contributed by atoms with Gasteiger partial charge >= 0.3 is 0 Å². The molecule has 4 saturated carbocycles. The fraction of sp³-hybridized carbons (Fsp3) is 0.923. The van der Waals surface area contributed by atoms with Crippen molar-refractivity contribution < 1.29 is 88.8 Å². The topological polar surface area (TPSA) is 27.7 Å². The Kier molecular flexibility index (Phi) is 11.4. The monoisotopic (exact) mass is 710 g/mol. The van der Waals surface area contributed by atoms with E-state index < -0.39 is 147 Å². The van der Waals surface area contributed by atoms with Gasteiger partial charge in [-0.3, -0.25) is 0 Å². The van der Waals surface area contributed by atoms with Crippen molar-refractivity contribution in [2.75, 3.05) is 0 Å². The molecule has 16 atom stereocenters. The second kappa shape index (κ2) is 14.1. The van der Waals surface area contributed by atoms with E-state index in [1.54, 1.807) is 0 Å². The summed E-state index contributed by atoms with van der Waals surface area (Å²) in [6.45, 7) is 3.11. The van der Waals surface area contributed by atoms with Crippen molar-refractivity contribution >= 4 is 0 Å². The molecule has 0 saturated heterocycles. The minimum Gasteiger partial charge on any atom is -0.365 e. The SMILES string of the molecule is C=CC1C(OC2C(F)C(F)C(F)C(F)C2F)C(F)C(OC2C(F)C(F)C(F)C(F)C2F)C(F)C1OC1C(F)C(F)C(F)C(F)C1F. The van der Waals surface area contributed by atoms with Gasteiger partial charge in [-0.2, -0.15) is 0 Å². The van der Waals surface area contributed by atoms with Crippen LogP contribution < -0.4 is 0 Å². The minimum atomic E-state index is -3.48. The van der Waals surface area contributed by atoms with Crippen LogP contribution in [0.4, 0.5) is 74.6 Å². The quantitative estimate of drug-likeness (QED) is 0.245. The predicted molar refractivity (Wildman–Crippen MR) is 123 cm³/mol. The summed E-state index contributed by atoms with van der Waals surface area (Å²) in [5.74, 6) is -2.35. The third-order valence-corrected chi connectivity index (χ3v) is 8.76. The second-order valence-electron chi connectivity index (χ2n) is 11.6. The van der Waals surface area contributed by atoms with Crippen molar-refractivity contribution in [3.63, 3.8) is 0 Å². The Bertz CT molecular complexity index is 934. The second-order valence-corrected chi connectivity index (χ2v) is 11.6. The van der Waals surface area contributed by atoms with Crippen LogP contribution in [0.25, 0.3) is 0 Å². The Morgan fingerprint density at radius 1 is 0.261 bits per heavy atom. The lowest BCUT2D eigenvalue weighted by molar-refractivity contribution is -0.271. The van der Waals surface area contributed by atoms with Gasteiger partial charge in [0.2, 0.25) is 0 Å². The predicted octanol–water partition coefficient (Wildman–Crippen LogP) is 5.85. The van der Waals surface area contributed by atoms with Crippen LogP contribution in [0.2, 0.25) is 0 Å². The van der Waals surface area contributed by atoms with Gasteiger partial charge in [0, 0.05) is 5.92 Å². The Labute approximate surface area is 249 Å². The molecule has 20 heteroatoms.